The smallest absolute Gasteiger partial charge is 0.224 e. The predicted octanol–water partition coefficient (Wildman–Crippen LogP) is 2.40. The summed E-state index contributed by atoms with van der Waals surface area (Å²) in [6.45, 7) is 5.88. The van der Waals surface area contributed by atoms with Crippen LogP contribution in [0, 0.1) is 11.7 Å². The van der Waals surface area contributed by atoms with E-state index in [1.54, 1.807) is 6.07 Å². The fourth-order valence-electron chi connectivity index (χ4n) is 4.65. The standard InChI is InChI=1S/C26H36FN5O/c27-23-3-1-2-20(16-23)8-13-29-26(33)17-21-4-6-25(7-5-21)32-14-10-24(11-15-32)28-12-9-22-18-30-31-19-22/h1-7,16,22,24,28,30-31H,8-15,17-19H2,(H,29,33). The maximum Gasteiger partial charge on any atom is 0.224 e. The zero-order chi connectivity index (χ0) is 22.9. The lowest BCUT2D eigenvalue weighted by atomic mass is 10.0. The summed E-state index contributed by atoms with van der Waals surface area (Å²) in [5.41, 5.74) is 9.52. The molecule has 2 aromatic rings. The molecule has 7 heteroatoms. The number of rotatable bonds is 10. The van der Waals surface area contributed by atoms with E-state index >= 15 is 0 Å². The van der Waals surface area contributed by atoms with Gasteiger partial charge in [0, 0.05) is 44.5 Å². The molecule has 0 bridgehead atoms. The Morgan fingerprint density at radius 3 is 2.48 bits per heavy atom. The van der Waals surface area contributed by atoms with Crippen LogP contribution in [0.3, 0.4) is 0 Å². The highest BCUT2D eigenvalue weighted by Crippen LogP contribution is 2.21. The van der Waals surface area contributed by atoms with Gasteiger partial charge in [-0.2, -0.15) is 0 Å². The molecule has 0 aromatic heterocycles. The number of hydrogen-bond acceptors (Lipinski definition) is 5. The quantitative estimate of drug-likeness (QED) is 0.445. The van der Waals surface area contributed by atoms with E-state index in [0.29, 0.717) is 25.4 Å². The fourth-order valence-corrected chi connectivity index (χ4v) is 4.65. The van der Waals surface area contributed by atoms with Crippen molar-refractivity contribution in [3.05, 3.63) is 65.5 Å². The molecule has 0 atom stereocenters. The first-order valence-electron chi connectivity index (χ1n) is 12.2. The van der Waals surface area contributed by atoms with Crippen LogP contribution in [0.25, 0.3) is 0 Å². The molecular formula is C26H36FN5O. The summed E-state index contributed by atoms with van der Waals surface area (Å²) >= 11 is 0. The van der Waals surface area contributed by atoms with Crippen LogP contribution in [0.4, 0.5) is 10.1 Å². The number of benzene rings is 2. The zero-order valence-electron chi connectivity index (χ0n) is 19.3. The third-order valence-corrected chi connectivity index (χ3v) is 6.68. The second-order valence-electron chi connectivity index (χ2n) is 9.21. The summed E-state index contributed by atoms with van der Waals surface area (Å²) in [5, 5.41) is 6.67. The fraction of sp³-hybridized carbons (Fsp3) is 0.500. The predicted molar refractivity (Wildman–Crippen MR) is 131 cm³/mol. The lowest BCUT2D eigenvalue weighted by molar-refractivity contribution is -0.120. The summed E-state index contributed by atoms with van der Waals surface area (Å²) < 4.78 is 13.2. The highest BCUT2D eigenvalue weighted by molar-refractivity contribution is 5.78. The minimum Gasteiger partial charge on any atom is -0.371 e. The van der Waals surface area contributed by atoms with Crippen LogP contribution in [-0.2, 0) is 17.6 Å². The maximum atomic E-state index is 13.2. The summed E-state index contributed by atoms with van der Waals surface area (Å²) in [6.07, 6.45) is 4.54. The van der Waals surface area contributed by atoms with Crippen LogP contribution in [0.15, 0.2) is 48.5 Å². The topological polar surface area (TPSA) is 68.4 Å². The SMILES string of the molecule is O=C(Cc1ccc(N2CCC(NCCC3CNNC3)CC2)cc1)NCCc1cccc(F)c1. The molecule has 0 radical (unpaired) electrons. The number of anilines is 1. The number of hydrogen-bond donors (Lipinski definition) is 4. The van der Waals surface area contributed by atoms with Crippen molar-refractivity contribution in [2.24, 2.45) is 5.92 Å². The molecule has 4 N–H and O–H groups in total. The molecular weight excluding hydrogens is 417 g/mol. The van der Waals surface area contributed by atoms with Crippen LogP contribution < -0.4 is 26.4 Å². The number of hydrazine groups is 1. The van der Waals surface area contributed by atoms with Gasteiger partial charge in [0.05, 0.1) is 6.42 Å². The number of amides is 1. The van der Waals surface area contributed by atoms with Gasteiger partial charge in [0.25, 0.3) is 0 Å². The van der Waals surface area contributed by atoms with E-state index in [1.165, 1.54) is 24.2 Å². The van der Waals surface area contributed by atoms with Gasteiger partial charge in [-0.1, -0.05) is 24.3 Å². The van der Waals surface area contributed by atoms with Gasteiger partial charge in [-0.05, 0) is 73.5 Å². The van der Waals surface area contributed by atoms with Gasteiger partial charge in [-0.25, -0.2) is 4.39 Å². The Bertz CT molecular complexity index is 877. The van der Waals surface area contributed by atoms with E-state index in [-0.39, 0.29) is 11.7 Å². The molecule has 2 saturated heterocycles. The summed E-state index contributed by atoms with van der Waals surface area (Å²) in [4.78, 5) is 14.7. The van der Waals surface area contributed by atoms with E-state index in [1.807, 2.05) is 6.07 Å². The average Bonchev–Trinajstić information content (AvgIpc) is 3.34. The highest BCUT2D eigenvalue weighted by Gasteiger charge is 2.20. The minimum atomic E-state index is -0.241. The molecule has 2 aliphatic heterocycles. The van der Waals surface area contributed by atoms with Crippen molar-refractivity contribution in [2.45, 2.75) is 38.1 Å². The largest absolute Gasteiger partial charge is 0.371 e. The number of carbonyl (C=O) groups excluding carboxylic acids is 1. The molecule has 2 aliphatic rings. The minimum absolute atomic E-state index is 0.00444. The second-order valence-corrected chi connectivity index (χ2v) is 9.21. The Morgan fingerprint density at radius 2 is 1.76 bits per heavy atom. The molecule has 0 saturated carbocycles. The van der Waals surface area contributed by atoms with Gasteiger partial charge in [0.2, 0.25) is 5.91 Å². The maximum absolute atomic E-state index is 13.2. The zero-order valence-corrected chi connectivity index (χ0v) is 19.3. The number of halogens is 1. The molecule has 178 valence electrons. The van der Waals surface area contributed by atoms with Crippen molar-refractivity contribution in [1.29, 1.82) is 0 Å². The van der Waals surface area contributed by atoms with Gasteiger partial charge in [-0.15, -0.1) is 0 Å². The van der Waals surface area contributed by atoms with Crippen LogP contribution in [0.1, 0.15) is 30.4 Å². The van der Waals surface area contributed by atoms with Crippen molar-refractivity contribution < 1.29 is 9.18 Å². The van der Waals surface area contributed by atoms with Crippen LogP contribution in [-0.4, -0.2) is 51.2 Å². The van der Waals surface area contributed by atoms with E-state index in [0.717, 1.165) is 62.6 Å². The molecule has 0 unspecified atom stereocenters. The summed E-state index contributed by atoms with van der Waals surface area (Å²) in [5.74, 6) is 0.496. The summed E-state index contributed by atoms with van der Waals surface area (Å²) in [6, 6.07) is 15.5. The monoisotopic (exact) mass is 453 g/mol. The number of nitrogens with one attached hydrogen (secondary N) is 4. The molecule has 1 amide bonds. The van der Waals surface area contributed by atoms with Crippen LogP contribution in [0.2, 0.25) is 0 Å². The van der Waals surface area contributed by atoms with Crippen molar-refractivity contribution in [3.8, 4) is 0 Å². The van der Waals surface area contributed by atoms with Crippen molar-refractivity contribution in [1.82, 2.24) is 21.5 Å². The molecule has 33 heavy (non-hydrogen) atoms. The highest BCUT2D eigenvalue weighted by atomic mass is 19.1. The molecule has 2 heterocycles. The lowest BCUT2D eigenvalue weighted by Gasteiger charge is -2.34. The van der Waals surface area contributed by atoms with Gasteiger partial charge < -0.3 is 15.5 Å². The summed E-state index contributed by atoms with van der Waals surface area (Å²) in [7, 11) is 0. The van der Waals surface area contributed by atoms with Gasteiger partial charge in [0.1, 0.15) is 5.82 Å². The first-order chi connectivity index (χ1) is 16.2. The van der Waals surface area contributed by atoms with Crippen LogP contribution >= 0.6 is 0 Å². The molecule has 6 nitrogen and oxygen atoms in total. The Hall–Kier alpha value is -2.48. The number of nitrogens with zero attached hydrogens (tertiary/aromatic N) is 1. The molecule has 2 fully saturated rings. The van der Waals surface area contributed by atoms with Gasteiger partial charge in [-0.3, -0.25) is 15.6 Å². The molecule has 0 spiro atoms. The van der Waals surface area contributed by atoms with Crippen molar-refractivity contribution >= 4 is 11.6 Å². The molecule has 4 rings (SSSR count). The lowest BCUT2D eigenvalue weighted by Crippen LogP contribution is -2.43. The normalized spacial score (nSPS) is 17.4. The number of carbonyl (C=O) groups is 1. The van der Waals surface area contributed by atoms with Crippen molar-refractivity contribution in [2.75, 3.05) is 44.2 Å². The molecule has 0 aliphatic carbocycles. The van der Waals surface area contributed by atoms with E-state index in [4.69, 9.17) is 0 Å². The van der Waals surface area contributed by atoms with E-state index < -0.39 is 0 Å². The van der Waals surface area contributed by atoms with Gasteiger partial charge in [0.15, 0.2) is 0 Å². The Balaban J connectivity index is 1.13. The Kier molecular flexibility index (Phi) is 8.69. The van der Waals surface area contributed by atoms with Gasteiger partial charge >= 0.3 is 0 Å². The van der Waals surface area contributed by atoms with Crippen LogP contribution in [0.5, 0.6) is 0 Å². The Morgan fingerprint density at radius 1 is 1.00 bits per heavy atom. The van der Waals surface area contributed by atoms with E-state index in [9.17, 15) is 9.18 Å². The average molecular weight is 454 g/mol. The third-order valence-electron chi connectivity index (χ3n) is 6.68. The molecule has 2 aromatic carbocycles. The second kappa shape index (κ2) is 12.1. The first-order valence-corrected chi connectivity index (χ1v) is 12.2. The number of piperidine rings is 1. The Labute approximate surface area is 196 Å². The van der Waals surface area contributed by atoms with E-state index in [2.05, 4.69) is 50.7 Å². The third kappa shape index (κ3) is 7.52. The first kappa shape index (κ1) is 23.7. The van der Waals surface area contributed by atoms with Crippen molar-refractivity contribution in [3.63, 3.8) is 0 Å².